The molecule has 13 heteroatoms. The molecule has 3 aromatic heterocycles. The van der Waals surface area contributed by atoms with Crippen LogP contribution in [0, 0.1) is 11.3 Å². The summed E-state index contributed by atoms with van der Waals surface area (Å²) < 4.78 is 52.5. The standard InChI is InChI=1S/C31H34F3N7O2S/c1-19-17-43-24(15-36-19)5-8-41-23(14-35)10-20-9-21(28(42-2)12-27(20)41)16-40-6-3-22(4-7-40)39-29-26-11-25(13-31(32,33)34)44-30(26)38-18-37-29/h9-12,18,22,24,36H,1,3-8,13,15-17H2,2H3,(H,37,38,39)/t24-/m1/s1. The number of nitrogens with zero attached hydrogens (tertiary/aromatic N) is 5. The number of methoxy groups -OCH3 is 1. The van der Waals surface area contributed by atoms with Crippen LogP contribution in [-0.2, 0) is 24.2 Å². The number of nitriles is 1. The molecule has 1 atom stereocenters. The molecule has 2 fully saturated rings. The van der Waals surface area contributed by atoms with Crippen molar-refractivity contribution in [2.24, 2.45) is 0 Å². The van der Waals surface area contributed by atoms with Gasteiger partial charge in [-0.25, -0.2) is 9.97 Å². The molecule has 2 saturated heterocycles. The van der Waals surface area contributed by atoms with Gasteiger partial charge in [0.05, 0.1) is 37.1 Å². The molecule has 0 bridgehead atoms. The Bertz CT molecular complexity index is 1690. The van der Waals surface area contributed by atoms with Crippen molar-refractivity contribution in [2.45, 2.75) is 57.1 Å². The summed E-state index contributed by atoms with van der Waals surface area (Å²) >= 11 is 1.06. The Kier molecular flexibility index (Phi) is 8.66. The van der Waals surface area contributed by atoms with E-state index in [9.17, 15) is 18.4 Å². The maximum Gasteiger partial charge on any atom is 0.393 e. The molecule has 44 heavy (non-hydrogen) atoms. The largest absolute Gasteiger partial charge is 0.496 e. The van der Waals surface area contributed by atoms with Gasteiger partial charge in [-0.15, -0.1) is 11.3 Å². The fraction of sp³-hybridized carbons (Fsp3) is 0.452. The third kappa shape index (κ3) is 6.77. The van der Waals surface area contributed by atoms with Crippen LogP contribution in [0.5, 0.6) is 5.75 Å². The highest BCUT2D eigenvalue weighted by Gasteiger charge is 2.29. The summed E-state index contributed by atoms with van der Waals surface area (Å²) in [6.45, 7) is 8.13. The predicted molar refractivity (Wildman–Crippen MR) is 164 cm³/mol. The number of nitrogens with one attached hydrogen (secondary N) is 2. The second kappa shape index (κ2) is 12.6. The molecule has 0 unspecified atom stereocenters. The number of aryl methyl sites for hydroxylation is 1. The highest BCUT2D eigenvalue weighted by molar-refractivity contribution is 7.18. The first-order chi connectivity index (χ1) is 21.2. The Hall–Kier alpha value is -3.86. The topological polar surface area (TPSA) is 100 Å². The fourth-order valence-electron chi connectivity index (χ4n) is 6.00. The van der Waals surface area contributed by atoms with Gasteiger partial charge in [0.2, 0.25) is 0 Å². The molecule has 0 radical (unpaired) electrons. The highest BCUT2D eigenvalue weighted by Crippen LogP contribution is 2.34. The third-order valence-corrected chi connectivity index (χ3v) is 9.29. The maximum atomic E-state index is 12.9. The van der Waals surface area contributed by atoms with Crippen molar-refractivity contribution in [1.82, 2.24) is 24.8 Å². The molecule has 2 N–H and O–H groups in total. The van der Waals surface area contributed by atoms with Gasteiger partial charge in [-0.1, -0.05) is 6.58 Å². The molecule has 0 spiro atoms. The van der Waals surface area contributed by atoms with Crippen LogP contribution in [0.4, 0.5) is 19.0 Å². The summed E-state index contributed by atoms with van der Waals surface area (Å²) in [5, 5.41) is 18.2. The first kappa shape index (κ1) is 30.2. The number of piperidine rings is 1. The molecular formula is C31H34F3N7O2S. The van der Waals surface area contributed by atoms with Gasteiger partial charge < -0.3 is 24.7 Å². The number of halogens is 3. The van der Waals surface area contributed by atoms with Gasteiger partial charge >= 0.3 is 6.18 Å². The average Bonchev–Trinajstić information content (AvgIpc) is 3.56. The van der Waals surface area contributed by atoms with Crippen LogP contribution in [0.1, 0.15) is 35.4 Å². The normalized spacial score (nSPS) is 18.4. The zero-order chi connectivity index (χ0) is 30.8. The lowest BCUT2D eigenvalue weighted by atomic mass is 10.0. The molecule has 0 aliphatic carbocycles. The number of rotatable bonds is 9. The molecule has 1 aromatic carbocycles. The van der Waals surface area contributed by atoms with Gasteiger partial charge in [0.1, 0.15) is 34.5 Å². The van der Waals surface area contributed by atoms with Crippen LogP contribution in [0.2, 0.25) is 0 Å². The number of hydrogen-bond donors (Lipinski definition) is 2. The maximum absolute atomic E-state index is 12.9. The molecule has 5 heterocycles. The second-order valence-corrected chi connectivity index (χ2v) is 12.5. The number of morpholine rings is 1. The van der Waals surface area contributed by atoms with Crippen molar-refractivity contribution in [2.75, 3.05) is 38.7 Å². The van der Waals surface area contributed by atoms with Crippen molar-refractivity contribution in [3.8, 4) is 11.8 Å². The number of thiophene rings is 1. The molecule has 232 valence electrons. The highest BCUT2D eigenvalue weighted by atomic mass is 32.1. The lowest BCUT2D eigenvalue weighted by Crippen LogP contribution is -2.38. The smallest absolute Gasteiger partial charge is 0.393 e. The molecule has 6 rings (SSSR count). The monoisotopic (exact) mass is 625 g/mol. The number of fused-ring (bicyclic) bond motifs is 2. The van der Waals surface area contributed by atoms with E-state index in [1.807, 2.05) is 16.7 Å². The van der Waals surface area contributed by atoms with Crippen molar-refractivity contribution in [1.29, 1.82) is 5.26 Å². The second-order valence-electron chi connectivity index (χ2n) is 11.4. The van der Waals surface area contributed by atoms with Crippen LogP contribution >= 0.6 is 11.3 Å². The number of likely N-dealkylation sites (tertiary alicyclic amines) is 1. The van der Waals surface area contributed by atoms with Gasteiger partial charge in [-0.05, 0) is 37.5 Å². The first-order valence-electron chi connectivity index (χ1n) is 14.6. The Morgan fingerprint density at radius 1 is 1.23 bits per heavy atom. The van der Waals surface area contributed by atoms with Crippen molar-refractivity contribution in [3.63, 3.8) is 0 Å². The SMILES string of the molecule is C=C1CO[C@H](CCn2c(C#N)cc3cc(CN4CCC(Nc5ncnc6sc(CC(F)(F)F)cc56)CC4)c(OC)cc32)CN1. The summed E-state index contributed by atoms with van der Waals surface area (Å²) in [6, 6.07) is 10.1. The summed E-state index contributed by atoms with van der Waals surface area (Å²) in [6.07, 6.45) is -1.28. The van der Waals surface area contributed by atoms with Gasteiger partial charge in [0.15, 0.2) is 0 Å². The van der Waals surface area contributed by atoms with Crippen LogP contribution < -0.4 is 15.4 Å². The summed E-state index contributed by atoms with van der Waals surface area (Å²) in [5.74, 6) is 1.36. The third-order valence-electron chi connectivity index (χ3n) is 8.24. The van der Waals surface area contributed by atoms with Crippen LogP contribution in [0.3, 0.4) is 0 Å². The molecule has 0 amide bonds. The van der Waals surface area contributed by atoms with Crippen LogP contribution in [0.15, 0.2) is 42.9 Å². The van der Waals surface area contributed by atoms with E-state index in [4.69, 9.17) is 9.47 Å². The van der Waals surface area contributed by atoms with E-state index < -0.39 is 12.6 Å². The number of aromatic nitrogens is 3. The predicted octanol–water partition coefficient (Wildman–Crippen LogP) is 5.60. The van der Waals surface area contributed by atoms with Gasteiger partial charge in [0, 0.05) is 66.4 Å². The van der Waals surface area contributed by atoms with E-state index >= 15 is 0 Å². The molecule has 2 aliphatic rings. The zero-order valence-corrected chi connectivity index (χ0v) is 25.2. The average molecular weight is 626 g/mol. The van der Waals surface area contributed by atoms with E-state index in [2.05, 4.69) is 44.2 Å². The molecular weight excluding hydrogens is 591 g/mol. The van der Waals surface area contributed by atoms with Crippen LogP contribution in [-0.4, -0.2) is 71.1 Å². The summed E-state index contributed by atoms with van der Waals surface area (Å²) in [7, 11) is 1.67. The number of benzene rings is 1. The number of hydrogen-bond acceptors (Lipinski definition) is 9. The molecule has 4 aromatic rings. The fourth-order valence-corrected chi connectivity index (χ4v) is 7.03. The van der Waals surface area contributed by atoms with E-state index in [1.165, 1.54) is 6.33 Å². The Morgan fingerprint density at radius 3 is 2.75 bits per heavy atom. The van der Waals surface area contributed by atoms with Gasteiger partial charge in [-0.3, -0.25) is 4.90 Å². The van der Waals surface area contributed by atoms with E-state index in [0.29, 0.717) is 48.0 Å². The van der Waals surface area contributed by atoms with Gasteiger partial charge in [-0.2, -0.15) is 18.4 Å². The van der Waals surface area contributed by atoms with E-state index in [-0.39, 0.29) is 17.0 Å². The number of anilines is 1. The zero-order valence-electron chi connectivity index (χ0n) is 24.4. The quantitative estimate of drug-likeness (QED) is 0.248. The Labute approximate surface area is 257 Å². The van der Waals surface area contributed by atoms with Crippen molar-refractivity contribution >= 4 is 38.3 Å². The lowest BCUT2D eigenvalue weighted by molar-refractivity contribution is -0.126. The van der Waals surface area contributed by atoms with E-state index in [1.54, 1.807) is 13.2 Å². The minimum absolute atomic E-state index is 0.0561. The minimum Gasteiger partial charge on any atom is -0.496 e. The number of alkyl halides is 3. The Balaban J connectivity index is 1.10. The van der Waals surface area contributed by atoms with E-state index in [0.717, 1.165) is 71.6 Å². The summed E-state index contributed by atoms with van der Waals surface area (Å²) in [4.78, 5) is 11.7. The minimum atomic E-state index is -4.26. The van der Waals surface area contributed by atoms with Gasteiger partial charge in [0.25, 0.3) is 0 Å². The van der Waals surface area contributed by atoms with Crippen molar-refractivity contribution in [3.05, 3.63) is 59.0 Å². The Morgan fingerprint density at radius 2 is 2.05 bits per heavy atom. The molecule has 9 nitrogen and oxygen atoms in total. The molecule has 2 aliphatic heterocycles. The van der Waals surface area contributed by atoms with Crippen molar-refractivity contribution < 1.29 is 22.6 Å². The lowest BCUT2D eigenvalue weighted by Gasteiger charge is -2.33. The molecule has 0 saturated carbocycles. The first-order valence-corrected chi connectivity index (χ1v) is 15.4. The number of ether oxygens (including phenoxy) is 2. The summed E-state index contributed by atoms with van der Waals surface area (Å²) in [5.41, 5.74) is 3.50. The van der Waals surface area contributed by atoms with Crippen LogP contribution in [0.25, 0.3) is 21.1 Å².